The van der Waals surface area contributed by atoms with Gasteiger partial charge in [-0.3, -0.25) is 0 Å². The molecule has 0 spiro atoms. The first-order valence-corrected chi connectivity index (χ1v) is 6.01. The molecule has 0 fully saturated rings. The predicted molar refractivity (Wildman–Crippen MR) is 71.2 cm³/mol. The van der Waals surface area contributed by atoms with Crippen LogP contribution in [0.1, 0.15) is 23.6 Å². The number of aliphatic hydroxyl groups is 1. The van der Waals surface area contributed by atoms with Gasteiger partial charge in [0.05, 0.1) is 11.6 Å². The van der Waals surface area contributed by atoms with Crippen molar-refractivity contribution < 1.29 is 9.50 Å². The third-order valence-corrected chi connectivity index (χ3v) is 3.36. The van der Waals surface area contributed by atoms with E-state index in [-0.39, 0.29) is 5.02 Å². The molecule has 0 heterocycles. The number of nitrogens with zero attached hydrogens (tertiary/aromatic N) is 1. The van der Waals surface area contributed by atoms with Gasteiger partial charge in [0.15, 0.2) is 0 Å². The van der Waals surface area contributed by atoms with Crippen LogP contribution in [-0.2, 0) is 5.60 Å². The lowest BCUT2D eigenvalue weighted by molar-refractivity contribution is 0.102. The minimum atomic E-state index is -1.42. The van der Waals surface area contributed by atoms with E-state index in [1.165, 1.54) is 25.1 Å². The van der Waals surface area contributed by atoms with E-state index < -0.39 is 11.4 Å². The molecule has 0 saturated heterocycles. The van der Waals surface area contributed by atoms with Gasteiger partial charge in [-0.05, 0) is 42.8 Å². The highest BCUT2D eigenvalue weighted by atomic mass is 35.5. The van der Waals surface area contributed by atoms with Gasteiger partial charge in [-0.15, -0.1) is 0 Å². The van der Waals surface area contributed by atoms with E-state index in [1.807, 2.05) is 6.07 Å². The summed E-state index contributed by atoms with van der Waals surface area (Å²) in [5.41, 5.74) is -0.101. The zero-order valence-electron chi connectivity index (χ0n) is 10.2. The van der Waals surface area contributed by atoms with Crippen molar-refractivity contribution in [1.82, 2.24) is 0 Å². The van der Waals surface area contributed by atoms with Crippen LogP contribution in [0.4, 0.5) is 4.39 Å². The van der Waals surface area contributed by atoms with Crippen LogP contribution in [0.3, 0.4) is 0 Å². The Morgan fingerprint density at radius 3 is 2.42 bits per heavy atom. The quantitative estimate of drug-likeness (QED) is 0.910. The third kappa shape index (κ3) is 2.60. The molecule has 0 aromatic heterocycles. The molecular formula is C15H11ClFNO. The summed E-state index contributed by atoms with van der Waals surface area (Å²) in [5, 5.41) is 19.6. The molecule has 0 bridgehead atoms. The zero-order valence-corrected chi connectivity index (χ0v) is 10.9. The summed E-state index contributed by atoms with van der Waals surface area (Å²) in [7, 11) is 0. The molecule has 1 atom stereocenters. The first-order valence-electron chi connectivity index (χ1n) is 5.63. The van der Waals surface area contributed by atoms with Crippen molar-refractivity contribution in [2.75, 3.05) is 0 Å². The maximum absolute atomic E-state index is 13.3. The molecular weight excluding hydrogens is 265 g/mol. The smallest absolute Gasteiger partial charge is 0.123 e. The van der Waals surface area contributed by atoms with E-state index >= 15 is 0 Å². The van der Waals surface area contributed by atoms with E-state index in [4.69, 9.17) is 16.9 Å². The molecule has 0 saturated carbocycles. The summed E-state index contributed by atoms with van der Waals surface area (Å²) in [6.45, 7) is 1.54. The van der Waals surface area contributed by atoms with Crippen LogP contribution >= 0.6 is 11.6 Å². The van der Waals surface area contributed by atoms with Gasteiger partial charge < -0.3 is 5.11 Å². The summed E-state index contributed by atoms with van der Waals surface area (Å²) < 4.78 is 13.3. The Labute approximate surface area is 115 Å². The topological polar surface area (TPSA) is 44.0 Å². The second-order valence-corrected chi connectivity index (χ2v) is 4.79. The Bertz CT molecular complexity index is 644. The van der Waals surface area contributed by atoms with Crippen molar-refractivity contribution in [2.24, 2.45) is 0 Å². The fourth-order valence-corrected chi connectivity index (χ4v) is 2.20. The number of benzene rings is 2. The second kappa shape index (κ2) is 5.00. The Balaban J connectivity index is 2.51. The molecule has 2 rings (SSSR count). The maximum atomic E-state index is 13.3. The van der Waals surface area contributed by atoms with Gasteiger partial charge >= 0.3 is 0 Å². The fraction of sp³-hybridized carbons (Fsp3) is 0.133. The van der Waals surface area contributed by atoms with Crippen LogP contribution in [0.2, 0.25) is 5.02 Å². The number of nitriles is 1. The lowest BCUT2D eigenvalue weighted by Crippen LogP contribution is -2.23. The van der Waals surface area contributed by atoms with Crippen molar-refractivity contribution >= 4 is 11.6 Å². The van der Waals surface area contributed by atoms with E-state index in [0.29, 0.717) is 16.7 Å². The van der Waals surface area contributed by atoms with E-state index in [9.17, 15) is 9.50 Å². The van der Waals surface area contributed by atoms with Crippen molar-refractivity contribution in [3.63, 3.8) is 0 Å². The van der Waals surface area contributed by atoms with Gasteiger partial charge in [-0.25, -0.2) is 4.39 Å². The summed E-state index contributed by atoms with van der Waals surface area (Å²) in [4.78, 5) is 0. The molecule has 2 nitrogen and oxygen atoms in total. The molecule has 2 aromatic carbocycles. The second-order valence-electron chi connectivity index (χ2n) is 4.39. The molecule has 0 radical (unpaired) electrons. The molecule has 4 heteroatoms. The zero-order chi connectivity index (χ0) is 14.0. The molecule has 0 aliphatic carbocycles. The first-order chi connectivity index (χ1) is 8.95. The van der Waals surface area contributed by atoms with Crippen molar-refractivity contribution in [3.8, 4) is 6.07 Å². The number of hydrogen-bond acceptors (Lipinski definition) is 2. The molecule has 0 aliphatic rings. The normalized spacial score (nSPS) is 13.6. The highest BCUT2D eigenvalue weighted by Crippen LogP contribution is 2.34. The SMILES string of the molecule is CC(O)(c1ccc(C#N)cc1)c1cc(F)ccc1Cl. The van der Waals surface area contributed by atoms with Gasteiger partial charge in [-0.1, -0.05) is 23.7 Å². The summed E-state index contributed by atoms with van der Waals surface area (Å²) in [6.07, 6.45) is 0. The predicted octanol–water partition coefficient (Wildman–Crippen LogP) is 3.61. The average molecular weight is 276 g/mol. The van der Waals surface area contributed by atoms with Gasteiger partial charge in [0.2, 0.25) is 0 Å². The van der Waals surface area contributed by atoms with Crippen molar-refractivity contribution in [3.05, 3.63) is 70.0 Å². The molecule has 96 valence electrons. The molecule has 1 N–H and O–H groups in total. The number of halogens is 2. The molecule has 19 heavy (non-hydrogen) atoms. The monoisotopic (exact) mass is 275 g/mol. The van der Waals surface area contributed by atoms with E-state index in [0.717, 1.165) is 0 Å². The highest BCUT2D eigenvalue weighted by Gasteiger charge is 2.28. The molecule has 0 aliphatic heterocycles. The third-order valence-electron chi connectivity index (χ3n) is 3.03. The molecule has 2 aromatic rings. The van der Waals surface area contributed by atoms with Crippen molar-refractivity contribution in [2.45, 2.75) is 12.5 Å². The van der Waals surface area contributed by atoms with Crippen molar-refractivity contribution in [1.29, 1.82) is 5.26 Å². The van der Waals surface area contributed by atoms with Gasteiger partial charge in [0, 0.05) is 10.6 Å². The summed E-state index contributed by atoms with van der Waals surface area (Å²) in [5.74, 6) is -0.465. The Hall–Kier alpha value is -1.89. The van der Waals surface area contributed by atoms with Gasteiger partial charge in [0.25, 0.3) is 0 Å². The Morgan fingerprint density at radius 2 is 1.84 bits per heavy atom. The minimum absolute atomic E-state index is 0.288. The van der Waals surface area contributed by atoms with Crippen LogP contribution < -0.4 is 0 Å². The Morgan fingerprint density at radius 1 is 1.21 bits per heavy atom. The highest BCUT2D eigenvalue weighted by molar-refractivity contribution is 6.31. The first kappa shape index (κ1) is 13.5. The lowest BCUT2D eigenvalue weighted by Gasteiger charge is -2.25. The number of rotatable bonds is 2. The van der Waals surface area contributed by atoms with E-state index in [2.05, 4.69) is 0 Å². The Kier molecular flexibility index (Phi) is 3.57. The average Bonchev–Trinajstić information content (AvgIpc) is 2.41. The van der Waals surface area contributed by atoms with E-state index in [1.54, 1.807) is 24.3 Å². The minimum Gasteiger partial charge on any atom is -0.381 e. The lowest BCUT2D eigenvalue weighted by atomic mass is 9.88. The van der Waals surface area contributed by atoms with Crippen LogP contribution in [0.15, 0.2) is 42.5 Å². The van der Waals surface area contributed by atoms with Crippen LogP contribution in [0.5, 0.6) is 0 Å². The largest absolute Gasteiger partial charge is 0.381 e. The fourth-order valence-electron chi connectivity index (χ4n) is 1.90. The van der Waals surface area contributed by atoms with Gasteiger partial charge in [0.1, 0.15) is 11.4 Å². The number of hydrogen-bond donors (Lipinski definition) is 1. The molecule has 1 unspecified atom stereocenters. The van der Waals surface area contributed by atoms with Crippen LogP contribution in [0.25, 0.3) is 0 Å². The summed E-state index contributed by atoms with van der Waals surface area (Å²) in [6, 6.07) is 12.3. The molecule has 0 amide bonds. The van der Waals surface area contributed by atoms with Gasteiger partial charge in [-0.2, -0.15) is 5.26 Å². The maximum Gasteiger partial charge on any atom is 0.123 e. The standard InChI is InChI=1S/C15H11ClFNO/c1-15(19,11-4-2-10(9-18)3-5-11)13-8-12(17)6-7-14(13)16/h2-8,19H,1H3. The summed E-state index contributed by atoms with van der Waals surface area (Å²) >= 11 is 6.01. The van der Waals surface area contributed by atoms with Crippen LogP contribution in [0, 0.1) is 17.1 Å². The van der Waals surface area contributed by atoms with Crippen LogP contribution in [-0.4, -0.2) is 5.11 Å².